The largest absolute Gasteiger partial charge is 0.481 e. The Balaban J connectivity index is 1.03. The second-order valence-corrected chi connectivity index (χ2v) is 33.5. The lowest BCUT2D eigenvalue weighted by Gasteiger charge is -2.28. The Morgan fingerprint density at radius 1 is 0.537 bits per heavy atom. The fraction of sp³-hybridized carbons (Fsp3) is 0.463. The summed E-state index contributed by atoms with van der Waals surface area (Å²) in [5.41, 5.74) is 7.50. The molecule has 722 valence electrons. The Hall–Kier alpha value is -14.9. The number of guanidine groups is 1. The summed E-state index contributed by atoms with van der Waals surface area (Å²) in [4.78, 5) is 281. The van der Waals surface area contributed by atoms with E-state index in [1.165, 1.54) is 86.9 Å². The first-order valence-electron chi connectivity index (χ1n) is 42.6. The average molecular weight is 1900 g/mol. The number of aliphatic hydroxyl groups excluding tert-OH is 1. The number of nitrogens with one attached hydrogen (secondary N) is 23. The maximum atomic E-state index is 15.2. The van der Waals surface area contributed by atoms with Gasteiger partial charge in [0.05, 0.1) is 91.0 Å². The molecule has 0 radical (unpaired) electrons. The summed E-state index contributed by atoms with van der Waals surface area (Å²) in [5, 5.41) is 78.7. The number of nitrogens with two attached hydrogens (primary N) is 1. The van der Waals surface area contributed by atoms with E-state index in [4.69, 9.17) is 11.1 Å². The smallest absolute Gasteiger partial charge is 0.326 e. The zero-order valence-electron chi connectivity index (χ0n) is 73.3. The topological polar surface area (TPSA) is 765 Å². The third-order valence-electron chi connectivity index (χ3n) is 20.4. The standard InChI is InChI=1S/C82H112N30O20S2/c1-5-6-11-53(99-42-114)70(120)112-65-35-134-33-46-10-7-9-45(17-46)32-133-34-64(101-66(115)30-92-69(119)54(12-8-15-91-82(83)84)102-68(118)44(4)100-78(128)63(31-113)111-80(65)130)79(129)104-56(16-43(2)3)72(122)103-55(13-14-67(116)117)71(121)105-57(18-47-24-85-36-93-47)73(123)106-58(19-48-25-86-37-94-48)74(124)107-59(20-49-26-87-38-95-49)75(125)108-60(21-50-27-88-39-96-50)76(126)109-61(22-51-28-89-40-97-51)77(127)110-62(81(131)132)23-52-29-90-41-98-52/h7,9-10,17,24-29,36-43,53-65,113H,4-6,8,11-16,18-23,30-35H2,1-3H3,(H,85,93)(H,86,94)(H,87,95)(H,88,96)(H,89,97)(H,90,98)(H,92,119)(H,99,114)(H,100,128)(H,101,115)(H,102,118)(H,103,122)(H,104,129)(H,105,121)(H,106,123)(H,107,124)(H,108,125)(H,109,126)(H,110,127)(H,111,130)(H,112,120)(H,116,117)(H,131,132)(H4,83,84,91)/t53-,54?,55-,56-,57-,58-,59-,60-,61-,62-,63?,64-,65?/m0/s1. The molecule has 0 spiro atoms. The number of benzene rings is 1. The molecule has 52 heteroatoms. The molecule has 8 rings (SSSR count). The number of unbranched alkanes of at least 4 members (excludes halogenated alkanes) is 1. The van der Waals surface area contributed by atoms with Gasteiger partial charge in [-0.25, -0.2) is 34.7 Å². The lowest BCUT2D eigenvalue weighted by molar-refractivity contribution is -0.142. The number of thioether (sulfide) groups is 2. The highest BCUT2D eigenvalue weighted by atomic mass is 32.2. The van der Waals surface area contributed by atoms with Crippen LogP contribution in [0.15, 0.2) is 112 Å². The van der Waals surface area contributed by atoms with E-state index in [1.54, 1.807) is 32.0 Å². The molecular formula is C82H112N30O20S2. The van der Waals surface area contributed by atoms with Crippen LogP contribution in [0.2, 0.25) is 0 Å². The van der Waals surface area contributed by atoms with E-state index in [-0.39, 0.29) is 109 Å². The number of carbonyl (C=O) groups excluding carboxylic acids is 15. The fourth-order valence-electron chi connectivity index (χ4n) is 13.5. The van der Waals surface area contributed by atoms with Crippen LogP contribution in [0.25, 0.3) is 0 Å². The lowest BCUT2D eigenvalue weighted by Crippen LogP contribution is -2.61. The minimum Gasteiger partial charge on any atom is -0.481 e. The van der Waals surface area contributed by atoms with Crippen LogP contribution in [0.5, 0.6) is 0 Å². The molecular weight excluding hydrogens is 1790 g/mol. The molecule has 1 aromatic carbocycles. The maximum Gasteiger partial charge on any atom is 0.326 e. The first-order valence-corrected chi connectivity index (χ1v) is 44.9. The van der Waals surface area contributed by atoms with E-state index in [1.807, 2.05) is 13.0 Å². The number of hydrogen-bond donors (Lipinski definition) is 27. The number of carbonyl (C=O) groups is 17. The molecule has 0 saturated heterocycles. The van der Waals surface area contributed by atoms with Gasteiger partial charge in [0.25, 0.3) is 5.91 Å². The van der Waals surface area contributed by atoms with Crippen LogP contribution in [-0.4, -0.2) is 292 Å². The number of nitrogens with zero attached hydrogens (tertiary/aromatic N) is 6. The summed E-state index contributed by atoms with van der Waals surface area (Å²) in [6, 6.07) is -13.4. The van der Waals surface area contributed by atoms with Gasteiger partial charge >= 0.3 is 11.9 Å². The van der Waals surface area contributed by atoms with Crippen molar-refractivity contribution in [2.75, 3.05) is 31.2 Å². The summed E-state index contributed by atoms with van der Waals surface area (Å²) in [6.45, 7) is 6.98. The number of amides is 15. The zero-order chi connectivity index (χ0) is 97.2. The molecule has 13 atom stereocenters. The second kappa shape index (κ2) is 54.1. The highest BCUT2D eigenvalue weighted by Gasteiger charge is 2.39. The summed E-state index contributed by atoms with van der Waals surface area (Å²) < 4.78 is 0. The molecule has 2 bridgehead atoms. The normalized spacial score (nSPS) is 17.4. The number of aliphatic carboxylic acids is 2. The SMILES string of the molecule is C=C1NC(=O)C(CO)NC(=O)C(NC(=O)[C@H](CCCC)NC=O)CSCc2cccc(c2)CSC[C@@H](C(=O)N[C@@H](CC(C)C)C(=O)N[C@@H](CCC(=O)O)C(=O)N[C@@H](Cc2c[nH]cn2)C(=O)N[C@@H](Cc2c[nH]cn2)C(=O)N[C@@H](Cc2c[nH]cn2)C(=O)N[C@@H](Cc2c[nH]cn2)C(=O)N[C@@H](Cc2c[nH]cn2)C(=O)N[C@@H](Cc2c[nH]cn2)C(=O)O)NC(=O)CNC(=O)C(CCCNC(=N)N)NC1=O. The number of imidazole rings is 6. The Morgan fingerprint density at radius 2 is 0.970 bits per heavy atom. The Labute approximate surface area is 774 Å². The van der Waals surface area contributed by atoms with Crippen molar-refractivity contribution in [1.82, 2.24) is 145 Å². The molecule has 7 aromatic rings. The summed E-state index contributed by atoms with van der Waals surface area (Å²) in [7, 11) is 0. The average Bonchev–Trinajstić information content (AvgIpc) is 1.13. The number of H-pyrrole nitrogens is 6. The van der Waals surface area contributed by atoms with E-state index >= 15 is 19.2 Å². The Morgan fingerprint density at radius 3 is 1.38 bits per heavy atom. The third-order valence-corrected chi connectivity index (χ3v) is 22.6. The molecule has 15 amide bonds. The van der Waals surface area contributed by atoms with Gasteiger partial charge in [0.2, 0.25) is 83.2 Å². The number of hydrogen-bond acceptors (Lipinski definition) is 27. The van der Waals surface area contributed by atoms with Crippen molar-refractivity contribution < 1.29 is 96.8 Å². The van der Waals surface area contributed by atoms with Crippen LogP contribution in [0.4, 0.5) is 0 Å². The quantitative estimate of drug-likeness (QED) is 0.00555. The van der Waals surface area contributed by atoms with Crippen LogP contribution < -0.4 is 90.8 Å². The highest BCUT2D eigenvalue weighted by molar-refractivity contribution is 7.98. The van der Waals surface area contributed by atoms with E-state index in [9.17, 15) is 77.6 Å². The molecule has 7 heterocycles. The fourth-order valence-corrected chi connectivity index (χ4v) is 15.5. The molecule has 1 aliphatic heterocycles. The van der Waals surface area contributed by atoms with Gasteiger partial charge in [-0.05, 0) is 49.1 Å². The van der Waals surface area contributed by atoms with Crippen molar-refractivity contribution in [2.45, 2.75) is 201 Å². The first kappa shape index (κ1) is 105. The van der Waals surface area contributed by atoms with Crippen molar-refractivity contribution in [1.29, 1.82) is 5.41 Å². The van der Waals surface area contributed by atoms with Crippen molar-refractivity contribution in [3.8, 4) is 0 Å². The first-order chi connectivity index (χ1) is 64.2. The predicted octanol–water partition coefficient (Wildman–Crippen LogP) is -5.92. The lowest BCUT2D eigenvalue weighted by atomic mass is 10.0. The zero-order valence-corrected chi connectivity index (χ0v) is 74.9. The molecule has 1 aliphatic rings. The third kappa shape index (κ3) is 35.4. The number of rotatable bonds is 46. The highest BCUT2D eigenvalue weighted by Crippen LogP contribution is 2.21. The van der Waals surface area contributed by atoms with Gasteiger partial charge in [-0.3, -0.25) is 82.1 Å². The van der Waals surface area contributed by atoms with Gasteiger partial charge in [0.15, 0.2) is 5.96 Å². The van der Waals surface area contributed by atoms with E-state index in [0.717, 1.165) is 11.8 Å². The van der Waals surface area contributed by atoms with Crippen LogP contribution in [0.1, 0.15) is 117 Å². The van der Waals surface area contributed by atoms with Gasteiger partial charge in [-0.1, -0.05) is 64.5 Å². The molecule has 0 fully saturated rings. The van der Waals surface area contributed by atoms with Gasteiger partial charge < -0.3 is 136 Å². The monoisotopic (exact) mass is 1900 g/mol. The maximum absolute atomic E-state index is 15.2. The molecule has 134 heavy (non-hydrogen) atoms. The number of carboxylic acids is 2. The van der Waals surface area contributed by atoms with Crippen LogP contribution in [0, 0.1) is 11.3 Å². The molecule has 0 saturated carbocycles. The Kier molecular flexibility index (Phi) is 42.2. The summed E-state index contributed by atoms with van der Waals surface area (Å²) in [5.74, 6) is -18.0. The van der Waals surface area contributed by atoms with Gasteiger partial charge in [0, 0.05) is 112 Å². The van der Waals surface area contributed by atoms with E-state index in [0.29, 0.717) is 36.1 Å². The molecule has 50 nitrogen and oxygen atoms in total. The number of fused-ring (bicyclic) bond motifs is 2. The number of carboxylic acid groups (broad SMARTS) is 2. The minimum atomic E-state index is -1.83. The predicted molar refractivity (Wildman–Crippen MR) is 479 cm³/mol. The van der Waals surface area contributed by atoms with Crippen LogP contribution in [-0.2, 0) is 132 Å². The second-order valence-electron chi connectivity index (χ2n) is 31.4. The van der Waals surface area contributed by atoms with Gasteiger partial charge in [0.1, 0.15) is 78.5 Å². The Bertz CT molecular complexity index is 5080. The van der Waals surface area contributed by atoms with E-state index < -0.39 is 230 Å². The van der Waals surface area contributed by atoms with Crippen molar-refractivity contribution in [3.05, 3.63) is 157 Å². The molecule has 3 unspecified atom stereocenters. The summed E-state index contributed by atoms with van der Waals surface area (Å²) >= 11 is 2.32. The number of aromatic nitrogens is 12. The van der Waals surface area contributed by atoms with Crippen molar-refractivity contribution in [3.63, 3.8) is 0 Å². The number of aromatic amines is 6. The van der Waals surface area contributed by atoms with Crippen molar-refractivity contribution in [2.24, 2.45) is 11.7 Å². The van der Waals surface area contributed by atoms with Gasteiger partial charge in [-0.2, -0.15) is 23.5 Å². The van der Waals surface area contributed by atoms with E-state index in [2.05, 4.69) is 151 Å². The van der Waals surface area contributed by atoms with Crippen molar-refractivity contribution >= 4 is 131 Å². The molecule has 6 aromatic heterocycles. The molecule has 0 aliphatic carbocycles. The summed E-state index contributed by atoms with van der Waals surface area (Å²) in [6.07, 6.45) is 14.1. The van der Waals surface area contributed by atoms with Crippen LogP contribution in [0.3, 0.4) is 0 Å². The number of aliphatic hydroxyl groups is 1. The van der Waals surface area contributed by atoms with Crippen LogP contribution >= 0.6 is 23.5 Å². The van der Waals surface area contributed by atoms with Gasteiger partial charge in [-0.15, -0.1) is 0 Å². The minimum absolute atomic E-state index is 0.00325. The molecule has 28 N–H and O–H groups in total.